The monoisotopic (exact) mass is 240 g/mol. The molecule has 0 saturated heterocycles. The highest BCUT2D eigenvalue weighted by Crippen LogP contribution is 2.30. The van der Waals surface area contributed by atoms with E-state index in [0.29, 0.717) is 0 Å². The molecule has 0 bridgehead atoms. The van der Waals surface area contributed by atoms with Gasteiger partial charge in [-0.3, -0.25) is 4.48 Å². The molecular weight excluding hydrogens is 226 g/mol. The molecule has 1 rings (SSSR count). The number of carbonyl (C=O) groups is 2. The zero-order valence-corrected chi connectivity index (χ0v) is 9.33. The Bertz CT molecular complexity index is 427. The van der Waals surface area contributed by atoms with Gasteiger partial charge in [0.1, 0.15) is 0 Å². The van der Waals surface area contributed by atoms with Crippen molar-refractivity contribution in [3.8, 4) is 5.75 Å². The van der Waals surface area contributed by atoms with Crippen molar-refractivity contribution in [2.45, 2.75) is 0 Å². The Morgan fingerprint density at radius 1 is 1.12 bits per heavy atom. The third-order valence-corrected chi connectivity index (χ3v) is 2.43. The van der Waals surface area contributed by atoms with Gasteiger partial charge in [0.15, 0.2) is 24.5 Å². The smallest absolute Gasteiger partial charge is 0.359 e. The molecule has 0 aromatic heterocycles. The van der Waals surface area contributed by atoms with Crippen molar-refractivity contribution >= 4 is 17.6 Å². The van der Waals surface area contributed by atoms with Gasteiger partial charge in [-0.05, 0) is 6.07 Å². The van der Waals surface area contributed by atoms with Crippen molar-refractivity contribution < 1.29 is 24.9 Å². The van der Waals surface area contributed by atoms with Crippen molar-refractivity contribution in [1.29, 1.82) is 0 Å². The highest BCUT2D eigenvalue weighted by atomic mass is 16.4. The molecule has 0 saturated carbocycles. The number of hydrogen-bond acceptors (Lipinski definition) is 3. The van der Waals surface area contributed by atoms with Crippen molar-refractivity contribution in [3.63, 3.8) is 0 Å². The molecule has 92 valence electrons. The summed E-state index contributed by atoms with van der Waals surface area (Å²) in [5.41, 5.74) is 0.275. The molecule has 6 heteroatoms. The Morgan fingerprint density at radius 3 is 2.00 bits per heavy atom. The van der Waals surface area contributed by atoms with E-state index < -0.39 is 29.5 Å². The lowest BCUT2D eigenvalue weighted by Gasteiger charge is -2.30. The molecule has 0 aliphatic rings. The number of phenolic OH excluding ortho intramolecular Hbond substituents is 1. The summed E-state index contributed by atoms with van der Waals surface area (Å²) in [4.78, 5) is 21.6. The fourth-order valence-corrected chi connectivity index (χ4v) is 1.74. The fraction of sp³-hybridized carbons (Fsp3) is 0.273. The molecule has 0 amide bonds. The molecule has 0 spiro atoms. The van der Waals surface area contributed by atoms with E-state index in [9.17, 15) is 14.7 Å². The molecule has 0 atom stereocenters. The maximum Gasteiger partial charge on any atom is 0.359 e. The van der Waals surface area contributed by atoms with Gasteiger partial charge in [0.25, 0.3) is 0 Å². The van der Waals surface area contributed by atoms with Gasteiger partial charge in [-0.15, -0.1) is 0 Å². The van der Waals surface area contributed by atoms with Gasteiger partial charge >= 0.3 is 11.9 Å². The number of hydrogen-bond donors (Lipinski definition) is 3. The second kappa shape index (κ2) is 4.84. The van der Waals surface area contributed by atoms with E-state index in [1.54, 1.807) is 12.1 Å². The Hall–Kier alpha value is -2.08. The molecule has 1 aromatic rings. The van der Waals surface area contributed by atoms with E-state index in [0.717, 1.165) is 0 Å². The van der Waals surface area contributed by atoms with Gasteiger partial charge in [-0.25, -0.2) is 9.59 Å². The first-order valence-electron chi connectivity index (χ1n) is 4.92. The summed E-state index contributed by atoms with van der Waals surface area (Å²) in [5, 5.41) is 27.3. The van der Waals surface area contributed by atoms with Gasteiger partial charge in [-0.2, -0.15) is 0 Å². The lowest BCUT2D eigenvalue weighted by molar-refractivity contribution is -0.140. The number of rotatable bonds is 5. The van der Waals surface area contributed by atoms with Gasteiger partial charge in [-0.1, -0.05) is 12.1 Å². The topological polar surface area (TPSA) is 94.8 Å². The van der Waals surface area contributed by atoms with E-state index in [2.05, 4.69) is 0 Å². The van der Waals surface area contributed by atoms with Crippen LogP contribution in [0.5, 0.6) is 5.75 Å². The summed E-state index contributed by atoms with van der Waals surface area (Å²) in [7, 11) is 1.46. The minimum absolute atomic E-state index is 0.113. The predicted octanol–water partition coefficient (Wildman–Crippen LogP) is 0.498. The van der Waals surface area contributed by atoms with Crippen LogP contribution in [-0.4, -0.2) is 47.4 Å². The van der Waals surface area contributed by atoms with Gasteiger partial charge in [0.2, 0.25) is 0 Å². The van der Waals surface area contributed by atoms with Crippen LogP contribution in [-0.2, 0) is 9.59 Å². The number of para-hydroxylation sites is 2. The molecule has 0 fully saturated rings. The van der Waals surface area contributed by atoms with Crippen LogP contribution in [0.4, 0.5) is 5.69 Å². The molecule has 0 aliphatic heterocycles. The van der Waals surface area contributed by atoms with Crippen LogP contribution in [0.1, 0.15) is 0 Å². The van der Waals surface area contributed by atoms with Gasteiger partial charge in [0, 0.05) is 6.07 Å². The van der Waals surface area contributed by atoms with Crippen LogP contribution < -0.4 is 4.48 Å². The Balaban J connectivity index is 3.18. The minimum atomic E-state index is -1.13. The minimum Gasteiger partial charge on any atom is -0.503 e. The number of carboxylic acids is 2. The van der Waals surface area contributed by atoms with E-state index in [-0.39, 0.29) is 11.4 Å². The third kappa shape index (κ3) is 3.18. The average molecular weight is 240 g/mol. The second-order valence-corrected chi connectivity index (χ2v) is 3.99. The number of aromatic hydroxyl groups is 1. The number of nitrogens with zero attached hydrogens (tertiary/aromatic N) is 1. The Kier molecular flexibility index (Phi) is 3.69. The van der Waals surface area contributed by atoms with Crippen molar-refractivity contribution in [1.82, 2.24) is 4.48 Å². The van der Waals surface area contributed by atoms with Crippen LogP contribution in [0.2, 0.25) is 0 Å². The molecule has 0 unspecified atom stereocenters. The summed E-state index contributed by atoms with van der Waals surface area (Å²) in [6.07, 6.45) is 0. The molecule has 0 radical (unpaired) electrons. The van der Waals surface area contributed by atoms with Crippen LogP contribution in [0.3, 0.4) is 0 Å². The number of quaternary nitrogens is 1. The highest BCUT2D eigenvalue weighted by Gasteiger charge is 2.33. The molecule has 17 heavy (non-hydrogen) atoms. The third-order valence-electron chi connectivity index (χ3n) is 2.43. The average Bonchev–Trinajstić information content (AvgIpc) is 2.15. The fourth-order valence-electron chi connectivity index (χ4n) is 1.74. The number of likely N-dealkylation sites (N-methyl/N-ethyl adjacent to an activating group) is 1. The van der Waals surface area contributed by atoms with Crippen LogP contribution >= 0.6 is 0 Å². The summed E-state index contributed by atoms with van der Waals surface area (Å²) in [6, 6.07) is 6.12. The summed E-state index contributed by atoms with van der Waals surface area (Å²) in [6.45, 7) is -0.826. The first-order valence-corrected chi connectivity index (χ1v) is 4.92. The number of benzene rings is 1. The van der Waals surface area contributed by atoms with Crippen LogP contribution in [0.25, 0.3) is 0 Å². The molecule has 6 nitrogen and oxygen atoms in total. The van der Waals surface area contributed by atoms with Crippen molar-refractivity contribution in [3.05, 3.63) is 24.3 Å². The number of phenols is 1. The van der Waals surface area contributed by atoms with E-state index in [1.807, 2.05) is 0 Å². The maximum absolute atomic E-state index is 10.8. The summed E-state index contributed by atoms with van der Waals surface area (Å²) >= 11 is 0. The number of carboxylic acid groups (broad SMARTS) is 2. The van der Waals surface area contributed by atoms with E-state index in [1.165, 1.54) is 19.2 Å². The Morgan fingerprint density at radius 2 is 1.59 bits per heavy atom. The lowest BCUT2D eigenvalue weighted by Crippen LogP contribution is -2.52. The van der Waals surface area contributed by atoms with Crippen LogP contribution in [0, 0.1) is 0 Å². The highest BCUT2D eigenvalue weighted by molar-refractivity contribution is 5.78. The first kappa shape index (κ1) is 13.0. The molecule has 0 aliphatic carbocycles. The van der Waals surface area contributed by atoms with E-state index >= 15 is 0 Å². The molecule has 3 N–H and O–H groups in total. The predicted molar refractivity (Wildman–Crippen MR) is 60.8 cm³/mol. The molecule has 0 heterocycles. The SMILES string of the molecule is C[N+](CC(=O)O)(CC(=O)O)c1ccccc1O. The second-order valence-electron chi connectivity index (χ2n) is 3.99. The zero-order valence-electron chi connectivity index (χ0n) is 9.33. The van der Waals surface area contributed by atoms with Gasteiger partial charge < -0.3 is 15.3 Å². The normalized spacial score (nSPS) is 11.1. The Labute approximate surface area is 97.9 Å². The van der Waals surface area contributed by atoms with Crippen LogP contribution in [0.15, 0.2) is 24.3 Å². The van der Waals surface area contributed by atoms with E-state index in [4.69, 9.17) is 10.2 Å². The molecular formula is C11H14NO5+. The van der Waals surface area contributed by atoms with Crippen molar-refractivity contribution in [2.24, 2.45) is 0 Å². The van der Waals surface area contributed by atoms with Gasteiger partial charge in [0.05, 0.1) is 7.05 Å². The number of aliphatic carboxylic acids is 2. The lowest BCUT2D eigenvalue weighted by atomic mass is 10.2. The summed E-state index contributed by atoms with van der Waals surface area (Å²) in [5.74, 6) is -2.37. The largest absolute Gasteiger partial charge is 0.503 e. The van der Waals surface area contributed by atoms with Crippen molar-refractivity contribution in [2.75, 3.05) is 20.1 Å². The standard InChI is InChI=1S/C11H13NO5/c1-12(6-10(14)15,7-11(16)17)8-4-2-3-5-9(8)13/h2-5H,6-7H2,1H3,(H2-,13,14,15,16,17)/p+1. The molecule has 1 aromatic carbocycles. The summed E-state index contributed by atoms with van der Waals surface area (Å²) < 4.78 is -0.392. The quantitative estimate of drug-likeness (QED) is 0.651. The maximum atomic E-state index is 10.8. The first-order chi connectivity index (χ1) is 7.85. The zero-order chi connectivity index (χ0) is 13.1.